The van der Waals surface area contributed by atoms with Crippen molar-refractivity contribution in [2.45, 2.75) is 29.1 Å². The summed E-state index contributed by atoms with van der Waals surface area (Å²) in [6, 6.07) is 7.63. The van der Waals surface area contributed by atoms with Crippen molar-refractivity contribution in [2.75, 3.05) is 13.1 Å². The molecule has 0 spiro atoms. The molecule has 0 unspecified atom stereocenters. The Morgan fingerprint density at radius 3 is 1.43 bits per heavy atom. The maximum atomic E-state index is 4.10. The number of hydrogen-bond acceptors (Lipinski definition) is 3. The van der Waals surface area contributed by atoms with Crippen LogP contribution in [0.4, 0.5) is 0 Å². The zero-order chi connectivity index (χ0) is 10.2. The van der Waals surface area contributed by atoms with E-state index in [1.807, 2.05) is 24.3 Å². The Hall–Kier alpha value is -0.120. The summed E-state index contributed by atoms with van der Waals surface area (Å²) in [6.07, 6.45) is 4.22. The molecule has 3 heteroatoms. The van der Waals surface area contributed by atoms with Crippen molar-refractivity contribution in [3.63, 3.8) is 0 Å². The standard InChI is InChI=1S/C6H6S2.C5H11N/c7-5-1-2-6(8)4-3-5;1-2-4-6-5-3-1/h1-4,7-8H;6H,1-5H2. The molecule has 14 heavy (non-hydrogen) atoms. The Morgan fingerprint density at radius 1 is 0.786 bits per heavy atom. The second-order valence-corrected chi connectivity index (χ2v) is 4.36. The summed E-state index contributed by atoms with van der Waals surface area (Å²) in [7, 11) is 0. The first-order valence-corrected chi connectivity index (χ1v) is 5.87. The molecule has 0 bridgehead atoms. The highest BCUT2D eigenvalue weighted by Crippen LogP contribution is 2.09. The minimum absolute atomic E-state index is 0.975. The van der Waals surface area contributed by atoms with Gasteiger partial charge in [0.25, 0.3) is 0 Å². The number of thiol groups is 2. The molecule has 1 aliphatic heterocycles. The first-order valence-electron chi connectivity index (χ1n) is 4.98. The Kier molecular flexibility index (Phi) is 6.15. The van der Waals surface area contributed by atoms with Crippen LogP contribution in [0, 0.1) is 0 Å². The van der Waals surface area contributed by atoms with E-state index in [2.05, 4.69) is 30.6 Å². The van der Waals surface area contributed by atoms with Gasteiger partial charge in [-0.2, -0.15) is 0 Å². The normalized spacial score (nSPS) is 15.6. The zero-order valence-electron chi connectivity index (χ0n) is 8.24. The zero-order valence-corrected chi connectivity index (χ0v) is 10.0. The first-order chi connectivity index (χ1) is 6.79. The molecule has 78 valence electrons. The molecule has 1 nitrogen and oxygen atoms in total. The fraction of sp³-hybridized carbons (Fsp3) is 0.455. The van der Waals surface area contributed by atoms with Crippen LogP contribution in [0.1, 0.15) is 19.3 Å². The van der Waals surface area contributed by atoms with Gasteiger partial charge in [-0.1, -0.05) is 6.42 Å². The van der Waals surface area contributed by atoms with Crippen LogP contribution in [0.15, 0.2) is 34.1 Å². The van der Waals surface area contributed by atoms with Gasteiger partial charge < -0.3 is 5.32 Å². The molecule has 1 aliphatic rings. The highest BCUT2D eigenvalue weighted by Gasteiger charge is 1.93. The van der Waals surface area contributed by atoms with Crippen molar-refractivity contribution < 1.29 is 0 Å². The molecule has 0 saturated carbocycles. The minimum atomic E-state index is 0.975. The van der Waals surface area contributed by atoms with Gasteiger partial charge in [-0.05, 0) is 50.2 Å². The maximum Gasteiger partial charge on any atom is 0.00407 e. The van der Waals surface area contributed by atoms with E-state index in [1.165, 1.54) is 32.4 Å². The molecular weight excluding hydrogens is 210 g/mol. The van der Waals surface area contributed by atoms with Crippen LogP contribution in [0.3, 0.4) is 0 Å². The average molecular weight is 227 g/mol. The molecule has 0 amide bonds. The van der Waals surface area contributed by atoms with Gasteiger partial charge in [0.1, 0.15) is 0 Å². The van der Waals surface area contributed by atoms with E-state index in [9.17, 15) is 0 Å². The van der Waals surface area contributed by atoms with E-state index in [0.717, 1.165) is 9.79 Å². The highest BCUT2D eigenvalue weighted by atomic mass is 32.1. The highest BCUT2D eigenvalue weighted by molar-refractivity contribution is 7.80. The molecule has 1 aromatic carbocycles. The fourth-order valence-corrected chi connectivity index (χ4v) is 1.55. The number of piperidine rings is 1. The Bertz CT molecular complexity index is 209. The SMILES string of the molecule is C1CCNCC1.Sc1ccc(S)cc1. The Labute approximate surface area is 97.1 Å². The molecule has 0 aliphatic carbocycles. The van der Waals surface area contributed by atoms with E-state index in [4.69, 9.17) is 0 Å². The molecule has 0 radical (unpaired) electrons. The smallest absolute Gasteiger partial charge is 0.00407 e. The molecule has 0 aromatic heterocycles. The van der Waals surface area contributed by atoms with Crippen LogP contribution >= 0.6 is 25.3 Å². The molecular formula is C11H17NS2. The quantitative estimate of drug-likeness (QED) is 0.579. The summed E-state index contributed by atoms with van der Waals surface area (Å²) in [5, 5.41) is 3.28. The molecule has 1 aromatic rings. The summed E-state index contributed by atoms with van der Waals surface area (Å²) < 4.78 is 0. The Balaban J connectivity index is 0.000000146. The third kappa shape index (κ3) is 5.58. The van der Waals surface area contributed by atoms with Crippen molar-refractivity contribution >= 4 is 25.3 Å². The lowest BCUT2D eigenvalue weighted by atomic mass is 10.2. The summed E-state index contributed by atoms with van der Waals surface area (Å²) in [5.41, 5.74) is 0. The lowest BCUT2D eigenvalue weighted by Crippen LogP contribution is -2.21. The van der Waals surface area contributed by atoms with Crippen LogP contribution in [-0.4, -0.2) is 13.1 Å². The largest absolute Gasteiger partial charge is 0.317 e. The predicted molar refractivity (Wildman–Crippen MR) is 67.7 cm³/mol. The summed E-state index contributed by atoms with van der Waals surface area (Å²) in [5.74, 6) is 0. The third-order valence-electron chi connectivity index (χ3n) is 2.06. The van der Waals surface area contributed by atoms with Gasteiger partial charge >= 0.3 is 0 Å². The van der Waals surface area contributed by atoms with Crippen LogP contribution in [0.5, 0.6) is 0 Å². The van der Waals surface area contributed by atoms with Gasteiger partial charge in [-0.15, -0.1) is 25.3 Å². The topological polar surface area (TPSA) is 12.0 Å². The van der Waals surface area contributed by atoms with Gasteiger partial charge in [0.2, 0.25) is 0 Å². The minimum Gasteiger partial charge on any atom is -0.317 e. The average Bonchev–Trinajstić information content (AvgIpc) is 2.26. The van der Waals surface area contributed by atoms with Gasteiger partial charge in [-0.25, -0.2) is 0 Å². The molecule has 1 fully saturated rings. The lowest BCUT2D eigenvalue weighted by molar-refractivity contribution is 0.520. The monoisotopic (exact) mass is 227 g/mol. The van der Waals surface area contributed by atoms with E-state index in [-0.39, 0.29) is 0 Å². The van der Waals surface area contributed by atoms with Gasteiger partial charge in [0.15, 0.2) is 0 Å². The lowest BCUT2D eigenvalue weighted by Gasteiger charge is -2.08. The number of rotatable bonds is 0. The van der Waals surface area contributed by atoms with Crippen LogP contribution in [-0.2, 0) is 0 Å². The van der Waals surface area contributed by atoms with E-state index >= 15 is 0 Å². The van der Waals surface area contributed by atoms with Crippen LogP contribution in [0.25, 0.3) is 0 Å². The maximum absolute atomic E-state index is 4.10. The van der Waals surface area contributed by atoms with Crippen molar-refractivity contribution in [3.8, 4) is 0 Å². The molecule has 1 heterocycles. The number of hydrogen-bond donors (Lipinski definition) is 3. The van der Waals surface area contributed by atoms with E-state index < -0.39 is 0 Å². The van der Waals surface area contributed by atoms with Gasteiger partial charge in [-0.3, -0.25) is 0 Å². The van der Waals surface area contributed by atoms with Crippen molar-refractivity contribution in [1.29, 1.82) is 0 Å². The summed E-state index contributed by atoms with van der Waals surface area (Å²) in [4.78, 5) is 1.95. The van der Waals surface area contributed by atoms with E-state index in [0.29, 0.717) is 0 Å². The van der Waals surface area contributed by atoms with Crippen molar-refractivity contribution in [3.05, 3.63) is 24.3 Å². The third-order valence-corrected chi connectivity index (χ3v) is 2.65. The van der Waals surface area contributed by atoms with Gasteiger partial charge in [0, 0.05) is 9.79 Å². The van der Waals surface area contributed by atoms with E-state index in [1.54, 1.807) is 0 Å². The van der Waals surface area contributed by atoms with Crippen molar-refractivity contribution in [2.24, 2.45) is 0 Å². The van der Waals surface area contributed by atoms with Crippen molar-refractivity contribution in [1.82, 2.24) is 5.32 Å². The Morgan fingerprint density at radius 2 is 1.21 bits per heavy atom. The number of benzene rings is 1. The molecule has 1 saturated heterocycles. The second-order valence-electron chi connectivity index (χ2n) is 3.33. The molecule has 1 N–H and O–H groups in total. The van der Waals surface area contributed by atoms with Crippen LogP contribution < -0.4 is 5.32 Å². The predicted octanol–water partition coefficient (Wildman–Crippen LogP) is 3.02. The van der Waals surface area contributed by atoms with Gasteiger partial charge in [0.05, 0.1) is 0 Å². The second kappa shape index (κ2) is 7.21. The van der Waals surface area contributed by atoms with Crippen LogP contribution in [0.2, 0.25) is 0 Å². The first kappa shape index (κ1) is 12.0. The summed E-state index contributed by atoms with van der Waals surface area (Å²) in [6.45, 7) is 2.50. The fourth-order valence-electron chi connectivity index (χ4n) is 1.25. The number of nitrogens with one attached hydrogen (secondary N) is 1. The summed E-state index contributed by atoms with van der Waals surface area (Å²) >= 11 is 8.20. The molecule has 2 rings (SSSR count). The molecule has 0 atom stereocenters.